The van der Waals surface area contributed by atoms with Gasteiger partial charge in [-0.3, -0.25) is 0 Å². The molecule has 4 heteroatoms. The first-order valence-electron chi connectivity index (χ1n) is 10.9. The van der Waals surface area contributed by atoms with E-state index in [1.165, 1.54) is 25.7 Å². The Morgan fingerprint density at radius 3 is 2.37 bits per heavy atom. The quantitative estimate of drug-likeness (QED) is 0.215. The maximum Gasteiger partial charge on any atom is 0.338 e. The lowest BCUT2D eigenvalue weighted by Gasteiger charge is -2.16. The Bertz CT molecular complexity index is 556. The molecule has 1 atom stereocenters. The minimum absolute atomic E-state index is 0.109. The Hall–Kier alpha value is -1.58. The first-order valence-corrected chi connectivity index (χ1v) is 10.9. The van der Waals surface area contributed by atoms with Crippen molar-refractivity contribution in [1.29, 1.82) is 0 Å². The van der Waals surface area contributed by atoms with Crippen molar-refractivity contribution in [3.05, 3.63) is 35.4 Å². The van der Waals surface area contributed by atoms with E-state index in [1.54, 1.807) is 24.3 Å². The lowest BCUT2D eigenvalue weighted by Crippen LogP contribution is -2.15. The average molecular weight is 372 g/mol. The molecule has 150 valence electrons. The molecule has 3 nitrogen and oxygen atoms in total. The molecule has 1 aromatic carbocycles. The Morgan fingerprint density at radius 2 is 1.67 bits per heavy atom. The van der Waals surface area contributed by atoms with E-state index in [2.05, 4.69) is 20.8 Å². The molecule has 0 aromatic heterocycles. The third-order valence-corrected chi connectivity index (χ3v) is 5.04. The molecular weight excluding hydrogens is 335 g/mol. The van der Waals surface area contributed by atoms with Gasteiger partial charge in [0, 0.05) is 5.56 Å². The van der Waals surface area contributed by atoms with Gasteiger partial charge in [0.05, 0.1) is 12.2 Å². The normalized spacial score (nSPS) is 11.8. The number of hydrogen-bond donors (Lipinski definition) is 0. The van der Waals surface area contributed by atoms with Crippen LogP contribution in [0.5, 0.6) is 0 Å². The summed E-state index contributed by atoms with van der Waals surface area (Å²) >= 11 is 0. The van der Waals surface area contributed by atoms with Gasteiger partial charge in [-0.05, 0) is 30.9 Å². The highest BCUT2D eigenvalue weighted by atomic mass is 16.5. The standard InChI is InChI=1S/C23H37BO3/c1-4-7-9-10-13-19(12-6-3)18-27-23(26)21-15-11-14-20(17-21)22(25)24-16-8-5-2/h11,14-15,17,19,24H,4-10,12-13,16,18H2,1-3H3. The third-order valence-electron chi connectivity index (χ3n) is 5.04. The number of ether oxygens (including phenoxy) is 1. The molecule has 1 rings (SSSR count). The Kier molecular flexibility index (Phi) is 12.6. The number of unbranched alkanes of at least 4 members (excludes halogenated alkanes) is 4. The molecule has 0 N–H and O–H groups in total. The van der Waals surface area contributed by atoms with Gasteiger partial charge in [0.2, 0.25) is 7.28 Å². The molecule has 0 fully saturated rings. The summed E-state index contributed by atoms with van der Waals surface area (Å²) in [6.07, 6.45) is 11.4. The van der Waals surface area contributed by atoms with E-state index < -0.39 is 0 Å². The fourth-order valence-corrected chi connectivity index (χ4v) is 3.36. The van der Waals surface area contributed by atoms with E-state index in [0.29, 0.717) is 30.9 Å². The number of carbonyl (C=O) groups is 2. The second kappa shape index (κ2) is 14.5. The largest absolute Gasteiger partial charge is 0.462 e. The van der Waals surface area contributed by atoms with Crippen molar-refractivity contribution >= 4 is 18.9 Å². The first kappa shape index (κ1) is 23.5. The topological polar surface area (TPSA) is 43.4 Å². The molecule has 1 aromatic rings. The van der Waals surface area contributed by atoms with Gasteiger partial charge in [-0.1, -0.05) is 84.2 Å². The smallest absolute Gasteiger partial charge is 0.338 e. The van der Waals surface area contributed by atoms with E-state index in [9.17, 15) is 9.59 Å². The minimum Gasteiger partial charge on any atom is -0.462 e. The van der Waals surface area contributed by atoms with E-state index in [4.69, 9.17) is 4.74 Å². The van der Waals surface area contributed by atoms with Crippen molar-refractivity contribution in [3.8, 4) is 0 Å². The number of benzene rings is 1. The van der Waals surface area contributed by atoms with Crippen LogP contribution in [0.2, 0.25) is 6.32 Å². The van der Waals surface area contributed by atoms with E-state index in [-0.39, 0.29) is 11.7 Å². The molecule has 0 aliphatic rings. The van der Waals surface area contributed by atoms with Crippen molar-refractivity contribution < 1.29 is 14.3 Å². The van der Waals surface area contributed by atoms with Crippen LogP contribution in [-0.4, -0.2) is 25.5 Å². The van der Waals surface area contributed by atoms with E-state index in [0.717, 1.165) is 38.4 Å². The molecule has 0 amide bonds. The Labute approximate surface area is 166 Å². The molecule has 0 saturated carbocycles. The molecule has 1 unspecified atom stereocenters. The summed E-state index contributed by atoms with van der Waals surface area (Å²) in [5.41, 5.74) is 1.21. The predicted molar refractivity (Wildman–Crippen MR) is 115 cm³/mol. The number of rotatable bonds is 15. The summed E-state index contributed by atoms with van der Waals surface area (Å²) in [7, 11) is 0.544. The molecule has 0 aliphatic carbocycles. The maximum atomic E-state index is 12.4. The molecule has 0 heterocycles. The van der Waals surface area contributed by atoms with Crippen molar-refractivity contribution in [2.75, 3.05) is 6.61 Å². The first-order chi connectivity index (χ1) is 13.1. The maximum absolute atomic E-state index is 12.4. The molecule has 27 heavy (non-hydrogen) atoms. The van der Waals surface area contributed by atoms with Gasteiger partial charge in [-0.15, -0.1) is 0 Å². The Morgan fingerprint density at radius 1 is 0.926 bits per heavy atom. The fourth-order valence-electron chi connectivity index (χ4n) is 3.36. The lowest BCUT2D eigenvalue weighted by atomic mass is 9.66. The molecule has 0 spiro atoms. The second-order valence-corrected chi connectivity index (χ2v) is 7.56. The summed E-state index contributed by atoms with van der Waals surface area (Å²) in [4.78, 5) is 24.7. The SMILES string of the molecule is CCCCBC(=O)c1cccc(C(=O)OCC(CCC)CCCCCC)c1. The third kappa shape index (κ3) is 9.79. The molecule has 0 aliphatic heterocycles. The van der Waals surface area contributed by atoms with Gasteiger partial charge in [0.15, 0.2) is 0 Å². The van der Waals surface area contributed by atoms with Crippen molar-refractivity contribution in [1.82, 2.24) is 0 Å². The van der Waals surface area contributed by atoms with Crippen molar-refractivity contribution in [3.63, 3.8) is 0 Å². The van der Waals surface area contributed by atoms with Gasteiger partial charge in [-0.25, -0.2) is 4.79 Å². The highest BCUT2D eigenvalue weighted by molar-refractivity contribution is 6.77. The number of hydrogen-bond acceptors (Lipinski definition) is 3. The summed E-state index contributed by atoms with van der Waals surface area (Å²) < 4.78 is 5.58. The monoisotopic (exact) mass is 372 g/mol. The van der Waals surface area contributed by atoms with Gasteiger partial charge >= 0.3 is 5.97 Å². The minimum atomic E-state index is -0.312. The fraction of sp³-hybridized carbons (Fsp3) is 0.652. The number of esters is 1. The van der Waals surface area contributed by atoms with Crippen LogP contribution >= 0.6 is 0 Å². The zero-order chi connectivity index (χ0) is 19.9. The molecule has 0 saturated heterocycles. The zero-order valence-corrected chi connectivity index (χ0v) is 17.6. The molecular formula is C23H37BO3. The van der Waals surface area contributed by atoms with Crippen LogP contribution in [0.1, 0.15) is 99.3 Å². The van der Waals surface area contributed by atoms with Gasteiger partial charge in [-0.2, -0.15) is 0 Å². The van der Waals surface area contributed by atoms with Crippen LogP contribution in [0.4, 0.5) is 0 Å². The lowest BCUT2D eigenvalue weighted by molar-refractivity contribution is 0.0423. The van der Waals surface area contributed by atoms with Crippen molar-refractivity contribution in [2.45, 2.75) is 84.9 Å². The van der Waals surface area contributed by atoms with E-state index in [1.807, 2.05) is 0 Å². The molecule has 0 bridgehead atoms. The van der Waals surface area contributed by atoms with Crippen molar-refractivity contribution in [2.24, 2.45) is 5.92 Å². The van der Waals surface area contributed by atoms with Crippen LogP contribution in [0.3, 0.4) is 0 Å². The average Bonchev–Trinajstić information content (AvgIpc) is 2.69. The van der Waals surface area contributed by atoms with Crippen LogP contribution in [-0.2, 0) is 4.74 Å². The number of carbonyl (C=O) groups excluding carboxylic acids is 2. The summed E-state index contributed by atoms with van der Waals surface area (Å²) in [5.74, 6) is 0.127. The zero-order valence-electron chi connectivity index (χ0n) is 17.6. The predicted octanol–water partition coefficient (Wildman–Crippen LogP) is 6.03. The van der Waals surface area contributed by atoms with Crippen LogP contribution in [0, 0.1) is 5.92 Å². The van der Waals surface area contributed by atoms with Crippen LogP contribution in [0.15, 0.2) is 24.3 Å². The second-order valence-electron chi connectivity index (χ2n) is 7.56. The summed E-state index contributed by atoms with van der Waals surface area (Å²) in [5, 5.41) is 0. The van der Waals surface area contributed by atoms with Crippen LogP contribution in [0.25, 0.3) is 0 Å². The van der Waals surface area contributed by atoms with Gasteiger partial charge in [0.25, 0.3) is 0 Å². The van der Waals surface area contributed by atoms with Gasteiger partial charge < -0.3 is 9.53 Å². The highest BCUT2D eigenvalue weighted by Crippen LogP contribution is 2.18. The van der Waals surface area contributed by atoms with E-state index >= 15 is 0 Å². The highest BCUT2D eigenvalue weighted by Gasteiger charge is 2.15. The summed E-state index contributed by atoms with van der Waals surface area (Å²) in [6, 6.07) is 6.99. The summed E-state index contributed by atoms with van der Waals surface area (Å²) in [6.45, 7) is 6.99. The van der Waals surface area contributed by atoms with Gasteiger partial charge in [0.1, 0.15) is 5.68 Å². The Balaban J connectivity index is 2.54. The molecule has 0 radical (unpaired) electrons. The van der Waals surface area contributed by atoms with Crippen LogP contribution < -0.4 is 0 Å².